The maximum atomic E-state index is 10.0. The molecule has 4 nitrogen and oxygen atoms in total. The molecular weight excluding hydrogens is 184 g/mol. The van der Waals surface area contributed by atoms with E-state index < -0.39 is 5.97 Å². The van der Waals surface area contributed by atoms with Crippen molar-refractivity contribution in [3.8, 4) is 0 Å². The number of unbranched alkanes of at least 4 members (excludes halogenated alkanes) is 1. The standard InChI is InChI=1S/C6H12O3.C4H10O/c1-3-5(9-2)4-6(7)8;1-2-3-4-5/h5H,3-4H2,1-2H3,(H,7,8);5H,2-4H2,1H3. The topological polar surface area (TPSA) is 66.8 Å². The van der Waals surface area contributed by atoms with Gasteiger partial charge in [-0.05, 0) is 12.8 Å². The predicted octanol–water partition coefficient (Wildman–Crippen LogP) is 1.66. The van der Waals surface area contributed by atoms with Gasteiger partial charge in [-0.25, -0.2) is 0 Å². The van der Waals surface area contributed by atoms with Crippen LogP contribution in [0.4, 0.5) is 0 Å². The number of hydrogen-bond acceptors (Lipinski definition) is 3. The van der Waals surface area contributed by atoms with E-state index in [1.165, 1.54) is 7.11 Å². The van der Waals surface area contributed by atoms with Crippen LogP contribution in [0.2, 0.25) is 0 Å². The maximum Gasteiger partial charge on any atom is 0.305 e. The van der Waals surface area contributed by atoms with Gasteiger partial charge in [-0.3, -0.25) is 4.79 Å². The third kappa shape index (κ3) is 13.9. The third-order valence-corrected chi connectivity index (χ3v) is 1.70. The number of methoxy groups -OCH3 is 1. The molecule has 14 heavy (non-hydrogen) atoms. The summed E-state index contributed by atoms with van der Waals surface area (Å²) in [5.74, 6) is -0.802. The number of carbonyl (C=O) groups is 1. The van der Waals surface area contributed by atoms with Crippen LogP contribution < -0.4 is 0 Å². The second-order valence-corrected chi connectivity index (χ2v) is 2.94. The van der Waals surface area contributed by atoms with Crippen molar-refractivity contribution in [1.29, 1.82) is 0 Å². The summed E-state index contributed by atoms with van der Waals surface area (Å²) in [5, 5.41) is 16.3. The highest BCUT2D eigenvalue weighted by Gasteiger charge is 2.07. The molecule has 0 heterocycles. The Morgan fingerprint density at radius 3 is 2.07 bits per heavy atom. The highest BCUT2D eigenvalue weighted by Crippen LogP contribution is 2.00. The van der Waals surface area contributed by atoms with Crippen LogP contribution in [0, 0.1) is 0 Å². The Morgan fingerprint density at radius 1 is 1.43 bits per heavy atom. The van der Waals surface area contributed by atoms with Crippen LogP contribution in [0.1, 0.15) is 39.5 Å². The monoisotopic (exact) mass is 206 g/mol. The van der Waals surface area contributed by atoms with Gasteiger partial charge in [0.15, 0.2) is 0 Å². The molecule has 0 rings (SSSR count). The highest BCUT2D eigenvalue weighted by atomic mass is 16.5. The molecule has 0 saturated carbocycles. The summed E-state index contributed by atoms with van der Waals surface area (Å²) in [6, 6.07) is 0. The molecule has 4 heteroatoms. The quantitative estimate of drug-likeness (QED) is 0.693. The number of aliphatic hydroxyl groups excluding tert-OH is 1. The van der Waals surface area contributed by atoms with Crippen molar-refractivity contribution >= 4 is 5.97 Å². The fourth-order valence-corrected chi connectivity index (χ4v) is 0.747. The van der Waals surface area contributed by atoms with E-state index in [9.17, 15) is 4.79 Å². The Kier molecular flexibility index (Phi) is 14.0. The minimum Gasteiger partial charge on any atom is -0.481 e. The maximum absolute atomic E-state index is 10.0. The number of aliphatic hydroxyl groups is 1. The molecule has 0 amide bonds. The molecule has 86 valence electrons. The minimum atomic E-state index is -0.802. The highest BCUT2D eigenvalue weighted by molar-refractivity contribution is 5.67. The van der Waals surface area contributed by atoms with Crippen LogP contribution in [0.25, 0.3) is 0 Å². The zero-order valence-electron chi connectivity index (χ0n) is 9.32. The van der Waals surface area contributed by atoms with Gasteiger partial charge in [0.25, 0.3) is 0 Å². The Hall–Kier alpha value is -0.610. The molecule has 0 fully saturated rings. The van der Waals surface area contributed by atoms with Crippen LogP contribution in [0.5, 0.6) is 0 Å². The Bertz CT molecular complexity index is 119. The average Bonchev–Trinajstić information content (AvgIpc) is 2.16. The predicted molar refractivity (Wildman–Crippen MR) is 55.3 cm³/mol. The van der Waals surface area contributed by atoms with Gasteiger partial charge in [0.1, 0.15) is 0 Å². The van der Waals surface area contributed by atoms with E-state index >= 15 is 0 Å². The van der Waals surface area contributed by atoms with Crippen molar-refractivity contribution in [3.05, 3.63) is 0 Å². The fraction of sp³-hybridized carbons (Fsp3) is 0.900. The van der Waals surface area contributed by atoms with Crippen molar-refractivity contribution in [2.45, 2.75) is 45.6 Å². The Balaban J connectivity index is 0. The molecule has 0 aliphatic carbocycles. The molecule has 0 radical (unpaired) electrons. The second-order valence-electron chi connectivity index (χ2n) is 2.94. The van der Waals surface area contributed by atoms with Crippen molar-refractivity contribution < 1.29 is 19.7 Å². The third-order valence-electron chi connectivity index (χ3n) is 1.70. The molecule has 1 unspecified atom stereocenters. The first kappa shape index (κ1) is 15.8. The fourth-order valence-electron chi connectivity index (χ4n) is 0.747. The van der Waals surface area contributed by atoms with E-state index in [4.69, 9.17) is 14.9 Å². The second kappa shape index (κ2) is 12.4. The summed E-state index contributed by atoms with van der Waals surface area (Å²) in [6.45, 7) is 4.30. The van der Waals surface area contributed by atoms with E-state index in [0.717, 1.165) is 19.3 Å². The lowest BCUT2D eigenvalue weighted by Crippen LogP contribution is -2.14. The molecule has 1 atom stereocenters. The molecule has 0 aliphatic heterocycles. The molecule has 0 bridgehead atoms. The van der Waals surface area contributed by atoms with Gasteiger partial charge in [0, 0.05) is 13.7 Å². The van der Waals surface area contributed by atoms with Crippen molar-refractivity contribution in [3.63, 3.8) is 0 Å². The molecule has 0 aromatic heterocycles. The van der Waals surface area contributed by atoms with Crippen molar-refractivity contribution in [1.82, 2.24) is 0 Å². The van der Waals surface area contributed by atoms with Crippen LogP contribution in [0.15, 0.2) is 0 Å². The van der Waals surface area contributed by atoms with Crippen LogP contribution in [-0.2, 0) is 9.53 Å². The number of carboxylic acid groups (broad SMARTS) is 1. The van der Waals surface area contributed by atoms with Crippen molar-refractivity contribution in [2.24, 2.45) is 0 Å². The number of carboxylic acids is 1. The average molecular weight is 206 g/mol. The zero-order chi connectivity index (χ0) is 11.4. The Labute approximate surface area is 85.9 Å². The first-order valence-corrected chi connectivity index (χ1v) is 4.97. The minimum absolute atomic E-state index is 0.104. The van der Waals surface area contributed by atoms with Gasteiger partial charge in [0.05, 0.1) is 12.5 Å². The summed E-state index contributed by atoms with van der Waals surface area (Å²) in [4.78, 5) is 10.0. The lowest BCUT2D eigenvalue weighted by atomic mass is 10.2. The molecule has 0 aromatic rings. The van der Waals surface area contributed by atoms with Gasteiger partial charge in [-0.2, -0.15) is 0 Å². The number of ether oxygens (including phenoxy) is 1. The summed E-state index contributed by atoms with van der Waals surface area (Å²) < 4.78 is 4.83. The van der Waals surface area contributed by atoms with E-state index in [2.05, 4.69) is 6.92 Å². The van der Waals surface area contributed by atoms with E-state index in [-0.39, 0.29) is 12.5 Å². The van der Waals surface area contributed by atoms with Gasteiger partial charge in [0.2, 0.25) is 0 Å². The lowest BCUT2D eigenvalue weighted by molar-refractivity contribution is -0.139. The lowest BCUT2D eigenvalue weighted by Gasteiger charge is -2.07. The van der Waals surface area contributed by atoms with E-state index in [1.54, 1.807) is 0 Å². The summed E-state index contributed by atoms with van der Waals surface area (Å²) in [5.41, 5.74) is 0. The first-order valence-electron chi connectivity index (χ1n) is 4.97. The summed E-state index contributed by atoms with van der Waals surface area (Å²) >= 11 is 0. The molecule has 0 aromatic carbocycles. The van der Waals surface area contributed by atoms with Gasteiger partial charge < -0.3 is 14.9 Å². The van der Waals surface area contributed by atoms with E-state index in [0.29, 0.717) is 6.61 Å². The summed E-state index contributed by atoms with van der Waals surface area (Å²) in [7, 11) is 1.52. The van der Waals surface area contributed by atoms with Crippen LogP contribution >= 0.6 is 0 Å². The smallest absolute Gasteiger partial charge is 0.305 e. The molecule has 0 spiro atoms. The molecular formula is C10H22O4. The van der Waals surface area contributed by atoms with Gasteiger partial charge in [-0.15, -0.1) is 0 Å². The SMILES string of the molecule is CCC(CC(=O)O)OC.CCCCO. The first-order chi connectivity index (χ1) is 6.62. The van der Waals surface area contributed by atoms with Crippen molar-refractivity contribution in [2.75, 3.05) is 13.7 Å². The van der Waals surface area contributed by atoms with Crippen LogP contribution in [-0.4, -0.2) is 36.0 Å². The van der Waals surface area contributed by atoms with Gasteiger partial charge in [-0.1, -0.05) is 20.3 Å². The number of rotatable bonds is 6. The zero-order valence-corrected chi connectivity index (χ0v) is 9.32. The largest absolute Gasteiger partial charge is 0.481 e. The Morgan fingerprint density at radius 2 is 2.00 bits per heavy atom. The van der Waals surface area contributed by atoms with Crippen LogP contribution in [0.3, 0.4) is 0 Å². The normalized spacial score (nSPS) is 11.4. The summed E-state index contributed by atoms with van der Waals surface area (Å²) in [6.07, 6.45) is 2.77. The van der Waals surface area contributed by atoms with Gasteiger partial charge >= 0.3 is 5.97 Å². The van der Waals surface area contributed by atoms with E-state index in [1.807, 2.05) is 6.92 Å². The molecule has 0 aliphatic rings. The number of hydrogen-bond donors (Lipinski definition) is 2. The molecule has 2 N–H and O–H groups in total. The molecule has 0 saturated heterocycles. The number of aliphatic carboxylic acids is 1.